The minimum atomic E-state index is -0.352. The first-order valence-corrected chi connectivity index (χ1v) is 12.2. The van der Waals surface area contributed by atoms with E-state index in [1.807, 2.05) is 17.0 Å². The summed E-state index contributed by atoms with van der Waals surface area (Å²) in [5.74, 6) is 1.00. The Morgan fingerprint density at radius 1 is 1.15 bits per heavy atom. The second kappa shape index (κ2) is 9.82. The Balaban J connectivity index is 1.41. The maximum Gasteiger partial charge on any atom is 0.255 e. The fraction of sp³-hybridized carbons (Fsp3) is 0.556. The van der Waals surface area contributed by atoms with E-state index in [0.717, 1.165) is 42.9 Å². The number of nitrogens with zero attached hydrogens (tertiary/aromatic N) is 3. The molecular formula is C27H37N3O3. The van der Waals surface area contributed by atoms with Crippen LogP contribution < -0.4 is 4.74 Å². The molecule has 2 bridgehead atoms. The van der Waals surface area contributed by atoms with Crippen LogP contribution in [0.3, 0.4) is 0 Å². The van der Waals surface area contributed by atoms with Crippen molar-refractivity contribution in [1.82, 2.24) is 14.8 Å². The van der Waals surface area contributed by atoms with Gasteiger partial charge in [-0.05, 0) is 75.4 Å². The number of aliphatic hydroxyl groups excluding tert-OH is 1. The Morgan fingerprint density at radius 3 is 2.55 bits per heavy atom. The van der Waals surface area contributed by atoms with Crippen molar-refractivity contribution in [3.05, 3.63) is 58.4 Å². The molecule has 33 heavy (non-hydrogen) atoms. The van der Waals surface area contributed by atoms with E-state index in [1.165, 1.54) is 11.1 Å². The zero-order valence-corrected chi connectivity index (χ0v) is 20.5. The third-order valence-corrected chi connectivity index (χ3v) is 7.50. The van der Waals surface area contributed by atoms with E-state index in [4.69, 9.17) is 4.74 Å². The molecule has 0 saturated carbocycles. The molecule has 1 N–H and O–H groups in total. The summed E-state index contributed by atoms with van der Waals surface area (Å²) in [6.45, 7) is 12.6. The van der Waals surface area contributed by atoms with Crippen LogP contribution >= 0.6 is 0 Å². The predicted molar refractivity (Wildman–Crippen MR) is 130 cm³/mol. The number of hydrogen-bond donors (Lipinski definition) is 1. The number of benzene rings is 1. The molecule has 178 valence electrons. The molecule has 1 aromatic carbocycles. The standard InChI is InChI=1S/C27H37N3O3/c1-6-22-8-7-21(14-28-22)27(32)30-16-23-13-24(30)15-29(23)20(5)25-9-10-26(19(4)18(25)3)33-12-11-17(2)31/h7-10,14,17,20,23-24,31H,6,11-13,15-16H2,1-5H3/t17-,20-,23-,24-/m0/s1. The molecule has 2 aliphatic rings. The van der Waals surface area contributed by atoms with Crippen molar-refractivity contribution >= 4 is 5.91 Å². The van der Waals surface area contributed by atoms with Gasteiger partial charge in [0.25, 0.3) is 5.91 Å². The van der Waals surface area contributed by atoms with Crippen molar-refractivity contribution in [1.29, 1.82) is 0 Å². The zero-order chi connectivity index (χ0) is 23.7. The maximum absolute atomic E-state index is 13.1. The first kappa shape index (κ1) is 23.7. The number of hydrogen-bond acceptors (Lipinski definition) is 5. The van der Waals surface area contributed by atoms with Gasteiger partial charge < -0.3 is 14.7 Å². The van der Waals surface area contributed by atoms with Crippen LogP contribution in [0.4, 0.5) is 0 Å². The Bertz CT molecular complexity index is 989. The molecule has 4 atom stereocenters. The van der Waals surface area contributed by atoms with Crippen molar-refractivity contribution in [3.63, 3.8) is 0 Å². The van der Waals surface area contributed by atoms with Gasteiger partial charge in [-0.25, -0.2) is 0 Å². The summed E-state index contributed by atoms with van der Waals surface area (Å²) >= 11 is 0. The van der Waals surface area contributed by atoms with E-state index in [1.54, 1.807) is 13.1 Å². The Kier molecular flexibility index (Phi) is 7.05. The van der Waals surface area contributed by atoms with Crippen molar-refractivity contribution < 1.29 is 14.6 Å². The average Bonchev–Trinajstić information content (AvgIpc) is 3.42. The molecule has 6 nitrogen and oxygen atoms in total. The number of amides is 1. The number of aryl methyl sites for hydroxylation is 1. The molecule has 0 radical (unpaired) electrons. The van der Waals surface area contributed by atoms with Crippen molar-refractivity contribution in [3.8, 4) is 5.75 Å². The number of pyridine rings is 1. The summed E-state index contributed by atoms with van der Waals surface area (Å²) in [5, 5.41) is 9.47. The van der Waals surface area contributed by atoms with Crippen LogP contribution in [0, 0.1) is 13.8 Å². The number of likely N-dealkylation sites (tertiary alicyclic amines) is 2. The van der Waals surface area contributed by atoms with Crippen LogP contribution in [0.2, 0.25) is 0 Å². The Labute approximate surface area is 197 Å². The highest BCUT2D eigenvalue weighted by Gasteiger charge is 2.47. The molecule has 0 unspecified atom stereocenters. The van der Waals surface area contributed by atoms with E-state index in [-0.39, 0.29) is 24.1 Å². The number of aliphatic hydroxyl groups is 1. The fourth-order valence-corrected chi connectivity index (χ4v) is 5.29. The largest absolute Gasteiger partial charge is 0.493 e. The molecule has 6 heteroatoms. The molecular weight excluding hydrogens is 414 g/mol. The van der Waals surface area contributed by atoms with Gasteiger partial charge in [-0.3, -0.25) is 14.7 Å². The van der Waals surface area contributed by atoms with Gasteiger partial charge in [0.1, 0.15) is 5.75 Å². The lowest BCUT2D eigenvalue weighted by atomic mass is 9.96. The normalized spacial score (nSPS) is 21.9. The topological polar surface area (TPSA) is 65.9 Å². The highest BCUT2D eigenvalue weighted by atomic mass is 16.5. The van der Waals surface area contributed by atoms with E-state index >= 15 is 0 Å². The summed E-state index contributed by atoms with van der Waals surface area (Å²) in [6, 6.07) is 9.05. The lowest BCUT2D eigenvalue weighted by Gasteiger charge is -2.38. The highest BCUT2D eigenvalue weighted by molar-refractivity contribution is 5.94. The smallest absolute Gasteiger partial charge is 0.255 e. The number of rotatable bonds is 8. The molecule has 2 saturated heterocycles. The molecule has 0 spiro atoms. The first-order chi connectivity index (χ1) is 15.8. The minimum Gasteiger partial charge on any atom is -0.493 e. The van der Waals surface area contributed by atoms with Gasteiger partial charge in [0.15, 0.2) is 0 Å². The van der Waals surface area contributed by atoms with Crippen LogP contribution in [0.5, 0.6) is 5.75 Å². The lowest BCUT2D eigenvalue weighted by molar-refractivity contribution is 0.0568. The number of carbonyl (C=O) groups is 1. The van der Waals surface area contributed by atoms with Crippen LogP contribution in [-0.2, 0) is 6.42 Å². The van der Waals surface area contributed by atoms with E-state index in [0.29, 0.717) is 24.6 Å². The maximum atomic E-state index is 13.1. The zero-order valence-electron chi connectivity index (χ0n) is 20.5. The number of carbonyl (C=O) groups excluding carboxylic acids is 1. The molecule has 4 rings (SSSR count). The summed E-state index contributed by atoms with van der Waals surface area (Å²) in [5.41, 5.74) is 5.45. The van der Waals surface area contributed by atoms with Gasteiger partial charge in [0.05, 0.1) is 18.3 Å². The summed E-state index contributed by atoms with van der Waals surface area (Å²) in [6.07, 6.45) is 3.92. The van der Waals surface area contributed by atoms with Crippen LogP contribution in [0.25, 0.3) is 0 Å². The first-order valence-electron chi connectivity index (χ1n) is 12.2. The quantitative estimate of drug-likeness (QED) is 0.655. The average molecular weight is 452 g/mol. The highest BCUT2D eigenvalue weighted by Crippen LogP contribution is 2.39. The van der Waals surface area contributed by atoms with Crippen molar-refractivity contribution in [2.45, 2.75) is 78.1 Å². The lowest BCUT2D eigenvalue weighted by Crippen LogP contribution is -2.49. The second-order valence-electron chi connectivity index (χ2n) is 9.65. The predicted octanol–water partition coefficient (Wildman–Crippen LogP) is 4.07. The monoisotopic (exact) mass is 451 g/mol. The Hall–Kier alpha value is -2.44. The van der Waals surface area contributed by atoms with Gasteiger partial charge in [0.2, 0.25) is 0 Å². The van der Waals surface area contributed by atoms with Gasteiger partial charge in [0, 0.05) is 49.5 Å². The molecule has 1 amide bonds. The molecule has 2 aliphatic heterocycles. The van der Waals surface area contributed by atoms with Crippen LogP contribution in [0.1, 0.15) is 72.4 Å². The minimum absolute atomic E-state index is 0.107. The van der Waals surface area contributed by atoms with E-state index < -0.39 is 0 Å². The summed E-state index contributed by atoms with van der Waals surface area (Å²) < 4.78 is 5.91. The Morgan fingerprint density at radius 2 is 1.94 bits per heavy atom. The second-order valence-corrected chi connectivity index (χ2v) is 9.65. The van der Waals surface area contributed by atoms with Gasteiger partial charge >= 0.3 is 0 Å². The van der Waals surface area contributed by atoms with Crippen LogP contribution in [0.15, 0.2) is 30.5 Å². The number of piperazine rings is 1. The third-order valence-electron chi connectivity index (χ3n) is 7.50. The van der Waals surface area contributed by atoms with E-state index in [9.17, 15) is 9.90 Å². The number of ether oxygens (including phenoxy) is 1. The van der Waals surface area contributed by atoms with Gasteiger partial charge in [-0.2, -0.15) is 0 Å². The van der Waals surface area contributed by atoms with Gasteiger partial charge in [-0.1, -0.05) is 13.0 Å². The van der Waals surface area contributed by atoms with Crippen LogP contribution in [-0.4, -0.2) is 63.7 Å². The molecule has 2 fully saturated rings. The molecule has 2 aromatic rings. The summed E-state index contributed by atoms with van der Waals surface area (Å²) in [7, 11) is 0. The fourth-order valence-electron chi connectivity index (χ4n) is 5.29. The summed E-state index contributed by atoms with van der Waals surface area (Å²) in [4.78, 5) is 22.1. The number of aromatic nitrogens is 1. The number of fused-ring (bicyclic) bond motifs is 2. The molecule has 3 heterocycles. The molecule has 0 aliphatic carbocycles. The molecule has 1 aromatic heterocycles. The van der Waals surface area contributed by atoms with Crippen molar-refractivity contribution in [2.24, 2.45) is 0 Å². The van der Waals surface area contributed by atoms with Crippen molar-refractivity contribution in [2.75, 3.05) is 19.7 Å². The third kappa shape index (κ3) is 4.78. The van der Waals surface area contributed by atoms with Gasteiger partial charge in [-0.15, -0.1) is 0 Å². The van der Waals surface area contributed by atoms with E-state index in [2.05, 4.69) is 49.7 Å². The SMILES string of the molecule is CCc1ccc(C(=O)N2C[C@@H]3C[C@H]2CN3[C@@H](C)c2ccc(OCC[C@H](C)O)c(C)c2C)cn1.